The predicted octanol–water partition coefficient (Wildman–Crippen LogP) is 2.40. The number of H-pyrrole nitrogens is 1. The Bertz CT molecular complexity index is 1020. The van der Waals surface area contributed by atoms with Crippen molar-refractivity contribution >= 4 is 5.91 Å². The number of benzene rings is 1. The fourth-order valence-corrected chi connectivity index (χ4v) is 4.96. The number of amides is 1. The number of phenolic OH excluding ortho intramolecular Hbond substituents is 1. The second-order valence-corrected chi connectivity index (χ2v) is 9.42. The Balaban J connectivity index is 1.23. The van der Waals surface area contributed by atoms with E-state index in [0.717, 1.165) is 74.5 Å². The van der Waals surface area contributed by atoms with Gasteiger partial charge < -0.3 is 15.0 Å². The smallest absolute Gasteiger partial charge is 0.255 e. The first-order valence-electron chi connectivity index (χ1n) is 11.4. The number of nitrogens with zero attached hydrogens (tertiary/aromatic N) is 3. The molecule has 7 heteroatoms. The van der Waals surface area contributed by atoms with Gasteiger partial charge in [0.1, 0.15) is 11.6 Å². The molecule has 31 heavy (non-hydrogen) atoms. The molecule has 2 unspecified atom stereocenters. The molecular weight excluding hydrogens is 392 g/mol. The van der Waals surface area contributed by atoms with Crippen LogP contribution >= 0.6 is 0 Å². The number of rotatable bonds is 4. The van der Waals surface area contributed by atoms with Crippen LogP contribution < -0.4 is 5.56 Å². The summed E-state index contributed by atoms with van der Waals surface area (Å²) in [6.45, 7) is 5.85. The van der Waals surface area contributed by atoms with Crippen molar-refractivity contribution in [3.63, 3.8) is 0 Å². The van der Waals surface area contributed by atoms with Crippen molar-refractivity contribution in [3.8, 4) is 5.75 Å². The highest BCUT2D eigenvalue weighted by molar-refractivity contribution is 5.81. The summed E-state index contributed by atoms with van der Waals surface area (Å²) in [4.78, 5) is 37.5. The van der Waals surface area contributed by atoms with E-state index in [9.17, 15) is 14.7 Å². The van der Waals surface area contributed by atoms with Gasteiger partial charge in [-0.05, 0) is 42.9 Å². The van der Waals surface area contributed by atoms with Crippen LogP contribution in [0.4, 0.5) is 0 Å². The summed E-state index contributed by atoms with van der Waals surface area (Å²) in [5.74, 6) is 2.36. The quantitative estimate of drug-likeness (QED) is 0.790. The lowest BCUT2D eigenvalue weighted by Crippen LogP contribution is -2.40. The molecule has 1 saturated carbocycles. The Morgan fingerprint density at radius 1 is 1.19 bits per heavy atom. The Morgan fingerprint density at radius 2 is 1.90 bits per heavy atom. The maximum atomic E-state index is 12.9. The summed E-state index contributed by atoms with van der Waals surface area (Å²) in [7, 11) is 0. The van der Waals surface area contributed by atoms with E-state index >= 15 is 0 Å². The van der Waals surface area contributed by atoms with E-state index in [1.165, 1.54) is 0 Å². The van der Waals surface area contributed by atoms with Gasteiger partial charge in [-0.15, -0.1) is 0 Å². The molecule has 0 radical (unpaired) electrons. The lowest BCUT2D eigenvalue weighted by atomic mass is 9.95. The molecule has 1 aliphatic carbocycles. The van der Waals surface area contributed by atoms with Gasteiger partial charge in [-0.3, -0.25) is 14.5 Å². The molecule has 2 N–H and O–H groups in total. The lowest BCUT2D eigenvalue weighted by molar-refractivity contribution is -0.133. The van der Waals surface area contributed by atoms with E-state index in [0.29, 0.717) is 18.4 Å². The number of aromatic hydroxyl groups is 1. The van der Waals surface area contributed by atoms with Crippen molar-refractivity contribution in [2.45, 2.75) is 51.6 Å². The Morgan fingerprint density at radius 3 is 2.58 bits per heavy atom. The number of hydrogen-bond acceptors (Lipinski definition) is 5. The number of phenols is 1. The molecule has 7 nitrogen and oxygen atoms in total. The van der Waals surface area contributed by atoms with E-state index in [2.05, 4.69) is 16.8 Å². The zero-order chi connectivity index (χ0) is 21.5. The van der Waals surface area contributed by atoms with Crippen LogP contribution in [0.5, 0.6) is 5.75 Å². The molecule has 2 atom stereocenters. The molecule has 164 valence electrons. The minimum absolute atomic E-state index is 0.0271. The molecule has 1 saturated heterocycles. The number of carbonyl (C=O) groups is 1. The Hall–Kier alpha value is -2.67. The van der Waals surface area contributed by atoms with E-state index in [1.54, 1.807) is 12.1 Å². The molecule has 2 aliphatic heterocycles. The highest BCUT2D eigenvalue weighted by Gasteiger charge is 2.42. The van der Waals surface area contributed by atoms with Crippen molar-refractivity contribution in [1.82, 2.24) is 19.8 Å². The summed E-state index contributed by atoms with van der Waals surface area (Å²) in [6.07, 6.45) is 3.52. The van der Waals surface area contributed by atoms with E-state index in [4.69, 9.17) is 4.98 Å². The molecule has 2 aromatic rings. The molecule has 2 fully saturated rings. The van der Waals surface area contributed by atoms with Crippen molar-refractivity contribution < 1.29 is 9.90 Å². The normalized spacial score (nSPS) is 24.1. The second kappa shape index (κ2) is 8.11. The van der Waals surface area contributed by atoms with Gasteiger partial charge in [0.2, 0.25) is 5.91 Å². The van der Waals surface area contributed by atoms with E-state index in [1.807, 2.05) is 17.0 Å². The summed E-state index contributed by atoms with van der Waals surface area (Å²) < 4.78 is 0. The van der Waals surface area contributed by atoms with Crippen molar-refractivity contribution in [2.24, 2.45) is 11.8 Å². The minimum atomic E-state index is -0.0271. The topological polar surface area (TPSA) is 89.5 Å². The van der Waals surface area contributed by atoms with Crippen LogP contribution in [0.3, 0.4) is 0 Å². The second-order valence-electron chi connectivity index (χ2n) is 9.42. The first-order chi connectivity index (χ1) is 15.0. The van der Waals surface area contributed by atoms with Crippen molar-refractivity contribution in [3.05, 3.63) is 57.3 Å². The van der Waals surface area contributed by atoms with Gasteiger partial charge in [0.05, 0.1) is 11.3 Å². The fraction of sp³-hybridized carbons (Fsp3) is 0.542. The molecule has 0 spiro atoms. The summed E-state index contributed by atoms with van der Waals surface area (Å²) >= 11 is 0. The molecule has 1 amide bonds. The first kappa shape index (κ1) is 20.2. The number of carbonyl (C=O) groups excluding carboxylic acids is 1. The van der Waals surface area contributed by atoms with Gasteiger partial charge >= 0.3 is 0 Å². The number of piperidine rings is 1. The molecule has 3 heterocycles. The molecule has 5 rings (SSSR count). The average molecular weight is 423 g/mol. The zero-order valence-electron chi connectivity index (χ0n) is 18.0. The van der Waals surface area contributed by atoms with Crippen molar-refractivity contribution in [1.29, 1.82) is 0 Å². The minimum Gasteiger partial charge on any atom is -0.508 e. The van der Waals surface area contributed by atoms with Gasteiger partial charge in [0.25, 0.3) is 5.56 Å². The molecule has 0 bridgehead atoms. The van der Waals surface area contributed by atoms with Gasteiger partial charge in [-0.1, -0.05) is 19.1 Å². The van der Waals surface area contributed by atoms with Gasteiger partial charge in [0.15, 0.2) is 0 Å². The first-order valence-corrected chi connectivity index (χ1v) is 11.4. The number of aromatic nitrogens is 2. The van der Waals surface area contributed by atoms with Crippen LogP contribution in [0.25, 0.3) is 0 Å². The molecule has 1 aromatic heterocycles. The largest absolute Gasteiger partial charge is 0.508 e. The summed E-state index contributed by atoms with van der Waals surface area (Å²) in [5.41, 5.74) is 2.78. The maximum Gasteiger partial charge on any atom is 0.255 e. The Labute approximate surface area is 182 Å². The SMILES string of the molecule is CC1CC1C(=O)N1CCC(c2nc3c(c(=O)[nH]2)CN(Cc2ccc(O)cc2)CC3)CC1. The molecular formula is C24H30N4O3. The van der Waals surface area contributed by atoms with Gasteiger partial charge in [0, 0.05) is 51.0 Å². The maximum absolute atomic E-state index is 12.9. The van der Waals surface area contributed by atoms with Gasteiger partial charge in [-0.25, -0.2) is 4.98 Å². The van der Waals surface area contributed by atoms with Gasteiger partial charge in [-0.2, -0.15) is 0 Å². The van der Waals surface area contributed by atoms with Crippen LogP contribution in [-0.4, -0.2) is 50.4 Å². The summed E-state index contributed by atoms with van der Waals surface area (Å²) in [5, 5.41) is 9.45. The number of likely N-dealkylation sites (tertiary alicyclic amines) is 1. The number of aromatic amines is 1. The third-order valence-electron chi connectivity index (χ3n) is 7.13. The predicted molar refractivity (Wildman–Crippen MR) is 117 cm³/mol. The van der Waals surface area contributed by atoms with Crippen LogP contribution in [0.1, 0.15) is 54.7 Å². The highest BCUT2D eigenvalue weighted by atomic mass is 16.3. The Kier molecular flexibility index (Phi) is 5.30. The standard InChI is InChI=1S/C24H30N4O3/c1-15-12-19(15)24(31)28-10-6-17(7-11-28)22-25-21-8-9-27(14-20(21)23(30)26-22)13-16-2-4-18(29)5-3-16/h2-5,15,17,19,29H,6-14H2,1H3,(H,25,26,30). The molecule has 1 aromatic carbocycles. The van der Waals surface area contributed by atoms with E-state index in [-0.39, 0.29) is 23.1 Å². The zero-order valence-corrected chi connectivity index (χ0v) is 18.0. The third-order valence-corrected chi connectivity index (χ3v) is 7.13. The van der Waals surface area contributed by atoms with Crippen LogP contribution in [0.15, 0.2) is 29.1 Å². The van der Waals surface area contributed by atoms with Crippen LogP contribution in [-0.2, 0) is 24.3 Å². The number of fused-ring (bicyclic) bond motifs is 1. The number of nitrogens with one attached hydrogen (secondary N) is 1. The van der Waals surface area contributed by atoms with E-state index < -0.39 is 0 Å². The molecule has 3 aliphatic rings. The highest BCUT2D eigenvalue weighted by Crippen LogP contribution is 2.40. The average Bonchev–Trinajstić information content (AvgIpc) is 3.52. The monoisotopic (exact) mass is 422 g/mol. The van der Waals surface area contributed by atoms with Crippen LogP contribution in [0, 0.1) is 11.8 Å². The summed E-state index contributed by atoms with van der Waals surface area (Å²) in [6, 6.07) is 7.21. The number of hydrogen-bond donors (Lipinski definition) is 2. The fourth-order valence-electron chi connectivity index (χ4n) is 4.96. The lowest BCUT2D eigenvalue weighted by Gasteiger charge is -2.32. The van der Waals surface area contributed by atoms with Crippen LogP contribution in [0.2, 0.25) is 0 Å². The third kappa shape index (κ3) is 4.24. The van der Waals surface area contributed by atoms with Crippen molar-refractivity contribution in [2.75, 3.05) is 19.6 Å².